The lowest BCUT2D eigenvalue weighted by Crippen LogP contribution is -2.37. The van der Waals surface area contributed by atoms with Gasteiger partial charge in [0.25, 0.3) is 0 Å². The molecule has 0 aromatic carbocycles. The van der Waals surface area contributed by atoms with E-state index in [2.05, 4.69) is 16.7 Å². The molecule has 1 aliphatic heterocycles. The molecule has 15 heavy (non-hydrogen) atoms. The Morgan fingerprint density at radius 2 is 2.47 bits per heavy atom. The number of piperidine rings is 1. The predicted molar refractivity (Wildman–Crippen MR) is 57.5 cm³/mol. The number of hydrogen-bond acceptors (Lipinski definition) is 5. The maximum Gasteiger partial charge on any atom is 0.327 e. The van der Waals surface area contributed by atoms with Crippen LogP contribution in [0.4, 0.5) is 0 Å². The van der Waals surface area contributed by atoms with E-state index in [0.717, 1.165) is 25.6 Å². The van der Waals surface area contributed by atoms with E-state index < -0.39 is 0 Å². The van der Waals surface area contributed by atoms with Gasteiger partial charge in [-0.15, -0.1) is 0 Å². The number of hydrogen-bond donors (Lipinski definition) is 2. The Morgan fingerprint density at radius 3 is 3.13 bits per heavy atom. The minimum atomic E-state index is -0.295. The fraction of sp³-hybridized carbons (Fsp3) is 0.900. The molecule has 0 aromatic heterocycles. The number of likely N-dealkylation sites (tertiary alicyclic amines) is 1. The van der Waals surface area contributed by atoms with E-state index in [1.807, 2.05) is 5.59 Å². The van der Waals surface area contributed by atoms with Crippen LogP contribution in [0.5, 0.6) is 0 Å². The summed E-state index contributed by atoms with van der Waals surface area (Å²) in [5.41, 5.74) is 1.91. The lowest BCUT2D eigenvalue weighted by molar-refractivity contribution is -0.151. The normalized spacial score (nSPS) is 22.7. The molecule has 1 rings (SSSR count). The summed E-state index contributed by atoms with van der Waals surface area (Å²) in [5, 5.41) is 0. The first-order valence-corrected chi connectivity index (χ1v) is 5.64. The first-order valence-electron chi connectivity index (χ1n) is 5.64. The van der Waals surface area contributed by atoms with Crippen LogP contribution in [0.1, 0.15) is 32.6 Å². The standard InChI is InChI=1S/C10H21N3O2/c1-2-9-4-3-6-13(8-9)7-5-10(14)15-12-11/h9,12H,2-8,11H2,1H3. The Balaban J connectivity index is 2.17. The molecule has 1 saturated heterocycles. The van der Waals surface area contributed by atoms with Crippen molar-refractivity contribution in [1.82, 2.24) is 10.5 Å². The van der Waals surface area contributed by atoms with E-state index in [9.17, 15) is 4.79 Å². The molecule has 1 unspecified atom stereocenters. The molecule has 3 N–H and O–H groups in total. The van der Waals surface area contributed by atoms with Crippen LogP contribution in [0.2, 0.25) is 0 Å². The fourth-order valence-corrected chi connectivity index (χ4v) is 2.05. The number of nitrogens with two attached hydrogens (primary N) is 1. The van der Waals surface area contributed by atoms with Gasteiger partial charge in [-0.2, -0.15) is 0 Å². The summed E-state index contributed by atoms with van der Waals surface area (Å²) in [5.74, 6) is 5.37. The van der Waals surface area contributed by atoms with Gasteiger partial charge in [0.2, 0.25) is 0 Å². The zero-order valence-electron chi connectivity index (χ0n) is 9.37. The van der Waals surface area contributed by atoms with Gasteiger partial charge in [-0.25, -0.2) is 5.84 Å². The third-order valence-electron chi connectivity index (χ3n) is 2.99. The molecule has 0 saturated carbocycles. The average Bonchev–Trinajstić information content (AvgIpc) is 2.27. The van der Waals surface area contributed by atoms with Gasteiger partial charge in [0.1, 0.15) is 0 Å². The highest BCUT2D eigenvalue weighted by Gasteiger charge is 2.18. The highest BCUT2D eigenvalue weighted by molar-refractivity contribution is 5.69. The summed E-state index contributed by atoms with van der Waals surface area (Å²) in [7, 11) is 0. The molecule has 1 atom stereocenters. The van der Waals surface area contributed by atoms with Crippen molar-refractivity contribution in [1.29, 1.82) is 0 Å². The highest BCUT2D eigenvalue weighted by Crippen LogP contribution is 2.18. The second-order valence-corrected chi connectivity index (χ2v) is 4.06. The fourth-order valence-electron chi connectivity index (χ4n) is 2.05. The summed E-state index contributed by atoms with van der Waals surface area (Å²) in [6, 6.07) is 0. The van der Waals surface area contributed by atoms with Gasteiger partial charge in [0, 0.05) is 13.1 Å². The van der Waals surface area contributed by atoms with E-state index in [0.29, 0.717) is 6.42 Å². The highest BCUT2D eigenvalue weighted by atomic mass is 16.7. The molecule has 1 aliphatic rings. The topological polar surface area (TPSA) is 67.6 Å². The van der Waals surface area contributed by atoms with Crippen LogP contribution in [-0.2, 0) is 9.63 Å². The Hall–Kier alpha value is -0.650. The minimum absolute atomic E-state index is 0.295. The van der Waals surface area contributed by atoms with Gasteiger partial charge in [0.15, 0.2) is 0 Å². The van der Waals surface area contributed by atoms with Gasteiger partial charge in [-0.3, -0.25) is 4.79 Å². The van der Waals surface area contributed by atoms with Crippen molar-refractivity contribution in [2.24, 2.45) is 11.8 Å². The van der Waals surface area contributed by atoms with Crippen molar-refractivity contribution >= 4 is 5.97 Å². The van der Waals surface area contributed by atoms with Gasteiger partial charge in [-0.05, 0) is 25.3 Å². The Kier molecular flexibility index (Phi) is 5.60. The first-order chi connectivity index (χ1) is 7.26. The quantitative estimate of drug-likeness (QED) is 0.514. The average molecular weight is 215 g/mol. The van der Waals surface area contributed by atoms with Crippen LogP contribution in [0, 0.1) is 5.92 Å². The molecular weight excluding hydrogens is 194 g/mol. The summed E-state index contributed by atoms with van der Waals surface area (Å²) < 4.78 is 0. The second-order valence-electron chi connectivity index (χ2n) is 4.06. The van der Waals surface area contributed by atoms with E-state index >= 15 is 0 Å². The van der Waals surface area contributed by atoms with Crippen molar-refractivity contribution in [3.8, 4) is 0 Å². The van der Waals surface area contributed by atoms with Gasteiger partial charge in [0.05, 0.1) is 6.42 Å². The lowest BCUT2D eigenvalue weighted by Gasteiger charge is -2.31. The molecule has 0 spiro atoms. The van der Waals surface area contributed by atoms with E-state index in [4.69, 9.17) is 5.84 Å². The number of carbonyl (C=O) groups is 1. The SMILES string of the molecule is CCC1CCCN(CCC(=O)ONN)C1. The number of hydrazine groups is 1. The first kappa shape index (κ1) is 12.4. The van der Waals surface area contributed by atoms with Gasteiger partial charge < -0.3 is 9.74 Å². The van der Waals surface area contributed by atoms with E-state index in [1.54, 1.807) is 0 Å². The smallest absolute Gasteiger partial charge is 0.327 e. The summed E-state index contributed by atoms with van der Waals surface area (Å²) in [6.07, 6.45) is 4.19. The molecule has 0 aromatic rings. The van der Waals surface area contributed by atoms with Crippen LogP contribution < -0.4 is 11.4 Å². The molecule has 0 radical (unpaired) electrons. The lowest BCUT2D eigenvalue weighted by atomic mass is 9.95. The maximum absolute atomic E-state index is 11.0. The van der Waals surface area contributed by atoms with E-state index in [1.165, 1.54) is 19.3 Å². The van der Waals surface area contributed by atoms with Crippen molar-refractivity contribution < 1.29 is 9.63 Å². The van der Waals surface area contributed by atoms with Crippen molar-refractivity contribution in [3.05, 3.63) is 0 Å². The molecular formula is C10H21N3O2. The van der Waals surface area contributed by atoms with Crippen LogP contribution in [0.25, 0.3) is 0 Å². The van der Waals surface area contributed by atoms with Crippen molar-refractivity contribution in [3.63, 3.8) is 0 Å². The summed E-state index contributed by atoms with van der Waals surface area (Å²) in [6.45, 7) is 5.21. The molecule has 1 fully saturated rings. The molecule has 5 nitrogen and oxygen atoms in total. The number of nitrogens with one attached hydrogen (secondary N) is 1. The van der Waals surface area contributed by atoms with Crippen molar-refractivity contribution in [2.75, 3.05) is 19.6 Å². The predicted octanol–water partition coefficient (Wildman–Crippen LogP) is 0.420. The van der Waals surface area contributed by atoms with Crippen LogP contribution >= 0.6 is 0 Å². The molecule has 0 aliphatic carbocycles. The molecule has 0 amide bonds. The zero-order valence-corrected chi connectivity index (χ0v) is 9.37. The molecule has 88 valence electrons. The van der Waals surface area contributed by atoms with Gasteiger partial charge in [-0.1, -0.05) is 18.9 Å². The molecule has 5 heteroatoms. The van der Waals surface area contributed by atoms with Crippen LogP contribution in [0.3, 0.4) is 0 Å². The summed E-state index contributed by atoms with van der Waals surface area (Å²) >= 11 is 0. The number of rotatable bonds is 5. The third-order valence-corrected chi connectivity index (χ3v) is 2.99. The van der Waals surface area contributed by atoms with E-state index in [-0.39, 0.29) is 5.97 Å². The molecule has 0 bridgehead atoms. The number of carbonyl (C=O) groups excluding carboxylic acids is 1. The van der Waals surface area contributed by atoms with Crippen LogP contribution in [0.15, 0.2) is 0 Å². The Bertz CT molecular complexity index is 199. The largest absolute Gasteiger partial charge is 0.356 e. The minimum Gasteiger partial charge on any atom is -0.356 e. The third kappa shape index (κ3) is 4.59. The maximum atomic E-state index is 11.0. The van der Waals surface area contributed by atoms with Crippen LogP contribution in [-0.4, -0.2) is 30.5 Å². The Labute approximate surface area is 90.9 Å². The van der Waals surface area contributed by atoms with Gasteiger partial charge >= 0.3 is 5.97 Å². The monoisotopic (exact) mass is 215 g/mol. The molecule has 1 heterocycles. The Morgan fingerprint density at radius 1 is 1.67 bits per heavy atom. The summed E-state index contributed by atoms with van der Waals surface area (Å²) in [4.78, 5) is 17.8. The zero-order chi connectivity index (χ0) is 11.1. The second kappa shape index (κ2) is 6.76. The van der Waals surface area contributed by atoms with Crippen molar-refractivity contribution in [2.45, 2.75) is 32.6 Å². The number of nitrogens with zero attached hydrogens (tertiary/aromatic N) is 1.